The molecule has 0 aliphatic rings. The highest BCUT2D eigenvalue weighted by molar-refractivity contribution is 6.35. The fraction of sp³-hybridized carbons (Fsp3) is 0.533. The van der Waals surface area contributed by atoms with Crippen LogP contribution in [0, 0.1) is 0 Å². The van der Waals surface area contributed by atoms with Gasteiger partial charge < -0.3 is 19.1 Å². The first-order chi connectivity index (χ1) is 10.5. The van der Waals surface area contributed by atoms with Crippen molar-refractivity contribution in [2.45, 2.75) is 19.1 Å². The predicted octanol–water partition coefficient (Wildman–Crippen LogP) is 3.23. The minimum Gasteiger partial charge on any atom is -0.492 e. The Morgan fingerprint density at radius 3 is 2.55 bits per heavy atom. The van der Waals surface area contributed by atoms with Crippen molar-refractivity contribution in [1.82, 2.24) is 4.90 Å². The molecule has 124 valence electrons. The molecular weight excluding hydrogens is 329 g/mol. The van der Waals surface area contributed by atoms with E-state index in [1.54, 1.807) is 30.1 Å². The van der Waals surface area contributed by atoms with Crippen molar-refractivity contribution in [3.05, 3.63) is 28.2 Å². The topological polar surface area (TPSA) is 48.0 Å². The number of methoxy groups -OCH3 is 2. The van der Waals surface area contributed by atoms with Gasteiger partial charge in [-0.3, -0.25) is 4.79 Å². The summed E-state index contributed by atoms with van der Waals surface area (Å²) >= 11 is 11.8. The number of hydrogen-bond donors (Lipinski definition) is 0. The number of halogens is 2. The van der Waals surface area contributed by atoms with Crippen LogP contribution < -0.4 is 4.74 Å². The van der Waals surface area contributed by atoms with Crippen LogP contribution in [0.5, 0.6) is 5.75 Å². The standard InChI is InChI=1S/C15H21Cl2NO4/c1-18(10-15(20-2)21-3)14(19)5-4-8-22-13-7-6-11(16)9-12(13)17/h6-7,9,15H,4-5,8,10H2,1-3H3. The number of carbonyl (C=O) groups is 1. The number of benzene rings is 1. The number of carbonyl (C=O) groups excluding carboxylic acids is 1. The van der Waals surface area contributed by atoms with Gasteiger partial charge in [0.25, 0.3) is 0 Å². The number of rotatable bonds is 9. The lowest BCUT2D eigenvalue weighted by molar-refractivity contribution is -0.143. The molecule has 7 heteroatoms. The number of amides is 1. The first-order valence-electron chi connectivity index (χ1n) is 6.85. The second kappa shape index (κ2) is 9.90. The lowest BCUT2D eigenvalue weighted by Crippen LogP contribution is -2.36. The van der Waals surface area contributed by atoms with Crippen LogP contribution in [0.3, 0.4) is 0 Å². The molecule has 0 heterocycles. The summed E-state index contributed by atoms with van der Waals surface area (Å²) in [6.07, 6.45) is 0.548. The predicted molar refractivity (Wildman–Crippen MR) is 86.6 cm³/mol. The van der Waals surface area contributed by atoms with E-state index in [1.165, 1.54) is 14.2 Å². The summed E-state index contributed by atoms with van der Waals surface area (Å²) in [5.41, 5.74) is 0. The minimum absolute atomic E-state index is 0.00454. The molecule has 0 unspecified atom stereocenters. The van der Waals surface area contributed by atoms with Crippen molar-refractivity contribution in [2.75, 3.05) is 34.4 Å². The molecule has 0 bridgehead atoms. The summed E-state index contributed by atoms with van der Waals surface area (Å²) in [6.45, 7) is 0.786. The number of likely N-dealkylation sites (N-methyl/N-ethyl adjacent to an activating group) is 1. The van der Waals surface area contributed by atoms with Crippen molar-refractivity contribution in [3.8, 4) is 5.75 Å². The Morgan fingerprint density at radius 1 is 1.27 bits per heavy atom. The van der Waals surface area contributed by atoms with Crippen molar-refractivity contribution in [3.63, 3.8) is 0 Å². The highest BCUT2D eigenvalue weighted by Crippen LogP contribution is 2.27. The highest BCUT2D eigenvalue weighted by Gasteiger charge is 2.14. The van der Waals surface area contributed by atoms with Gasteiger partial charge in [-0.15, -0.1) is 0 Å². The van der Waals surface area contributed by atoms with E-state index in [1.807, 2.05) is 0 Å². The molecule has 0 aliphatic heterocycles. The lowest BCUT2D eigenvalue weighted by atomic mass is 10.3. The third kappa shape index (κ3) is 6.40. The minimum atomic E-state index is -0.418. The van der Waals surface area contributed by atoms with E-state index >= 15 is 0 Å². The zero-order valence-electron chi connectivity index (χ0n) is 13.0. The molecule has 0 aromatic heterocycles. The van der Waals surface area contributed by atoms with Gasteiger partial charge in [0.1, 0.15) is 5.75 Å². The molecule has 0 aliphatic carbocycles. The molecule has 0 N–H and O–H groups in total. The highest BCUT2D eigenvalue weighted by atomic mass is 35.5. The van der Waals surface area contributed by atoms with E-state index < -0.39 is 6.29 Å². The van der Waals surface area contributed by atoms with Crippen LogP contribution in [0.1, 0.15) is 12.8 Å². The molecule has 0 spiro atoms. The van der Waals surface area contributed by atoms with Gasteiger partial charge in [0.2, 0.25) is 5.91 Å². The van der Waals surface area contributed by atoms with E-state index in [0.717, 1.165) is 0 Å². The molecule has 1 amide bonds. The molecule has 1 aromatic rings. The number of hydrogen-bond acceptors (Lipinski definition) is 4. The molecule has 0 radical (unpaired) electrons. The van der Waals surface area contributed by atoms with Gasteiger partial charge in [-0.1, -0.05) is 23.2 Å². The Bertz CT molecular complexity index is 481. The van der Waals surface area contributed by atoms with Crippen molar-refractivity contribution in [2.24, 2.45) is 0 Å². The fourth-order valence-electron chi connectivity index (χ4n) is 1.76. The summed E-state index contributed by atoms with van der Waals surface area (Å²) in [4.78, 5) is 13.5. The van der Waals surface area contributed by atoms with Crippen LogP contribution in [0.25, 0.3) is 0 Å². The normalized spacial score (nSPS) is 10.8. The smallest absolute Gasteiger partial charge is 0.222 e. The Morgan fingerprint density at radius 2 is 1.95 bits per heavy atom. The van der Waals surface area contributed by atoms with Gasteiger partial charge in [-0.05, 0) is 24.6 Å². The third-order valence-electron chi connectivity index (χ3n) is 3.06. The number of nitrogens with zero attached hydrogens (tertiary/aromatic N) is 1. The van der Waals surface area contributed by atoms with Gasteiger partial charge in [0, 0.05) is 32.7 Å². The zero-order chi connectivity index (χ0) is 16.5. The Balaban J connectivity index is 2.30. The van der Waals surface area contributed by atoms with Crippen LogP contribution in [-0.4, -0.2) is 51.5 Å². The first-order valence-corrected chi connectivity index (χ1v) is 7.61. The molecule has 0 atom stereocenters. The van der Waals surface area contributed by atoms with Crippen LogP contribution in [-0.2, 0) is 14.3 Å². The summed E-state index contributed by atoms with van der Waals surface area (Å²) in [6, 6.07) is 5.03. The van der Waals surface area contributed by atoms with Gasteiger partial charge >= 0.3 is 0 Å². The number of ether oxygens (including phenoxy) is 3. The summed E-state index contributed by atoms with van der Waals surface area (Å²) in [7, 11) is 4.79. The molecule has 5 nitrogen and oxygen atoms in total. The third-order valence-corrected chi connectivity index (χ3v) is 3.59. The quantitative estimate of drug-likeness (QED) is 0.507. The van der Waals surface area contributed by atoms with E-state index in [-0.39, 0.29) is 5.91 Å². The second-order valence-electron chi connectivity index (χ2n) is 4.70. The molecule has 1 rings (SSSR count). The van der Waals surface area contributed by atoms with Crippen LogP contribution in [0.4, 0.5) is 0 Å². The molecule has 0 saturated heterocycles. The van der Waals surface area contributed by atoms with E-state index in [2.05, 4.69) is 0 Å². The zero-order valence-corrected chi connectivity index (χ0v) is 14.5. The molecular formula is C15H21Cl2NO4. The lowest BCUT2D eigenvalue weighted by Gasteiger charge is -2.22. The monoisotopic (exact) mass is 349 g/mol. The first kappa shape index (κ1) is 19.0. The van der Waals surface area contributed by atoms with Crippen molar-refractivity contribution >= 4 is 29.1 Å². The molecule has 0 fully saturated rings. The Labute approximate surface area is 141 Å². The van der Waals surface area contributed by atoms with Crippen LogP contribution >= 0.6 is 23.2 Å². The van der Waals surface area contributed by atoms with E-state index in [0.29, 0.717) is 41.8 Å². The average Bonchev–Trinajstić information content (AvgIpc) is 2.50. The summed E-state index contributed by atoms with van der Waals surface area (Å²) in [5, 5.41) is 1.01. The molecule has 1 aromatic carbocycles. The fourth-order valence-corrected chi connectivity index (χ4v) is 2.22. The summed E-state index contributed by atoms with van der Waals surface area (Å²) < 4.78 is 15.7. The average molecular weight is 350 g/mol. The maximum Gasteiger partial charge on any atom is 0.222 e. The largest absolute Gasteiger partial charge is 0.492 e. The Hall–Kier alpha value is -1.01. The van der Waals surface area contributed by atoms with Crippen molar-refractivity contribution in [1.29, 1.82) is 0 Å². The van der Waals surface area contributed by atoms with E-state index in [4.69, 9.17) is 37.4 Å². The Kier molecular flexibility index (Phi) is 8.56. The second-order valence-corrected chi connectivity index (χ2v) is 5.55. The molecule has 22 heavy (non-hydrogen) atoms. The maximum absolute atomic E-state index is 11.9. The maximum atomic E-state index is 11.9. The van der Waals surface area contributed by atoms with E-state index in [9.17, 15) is 4.79 Å². The molecule has 0 saturated carbocycles. The van der Waals surface area contributed by atoms with Gasteiger partial charge in [0.15, 0.2) is 6.29 Å². The van der Waals surface area contributed by atoms with Gasteiger partial charge in [-0.2, -0.15) is 0 Å². The summed E-state index contributed by atoms with van der Waals surface area (Å²) in [5.74, 6) is 0.565. The van der Waals surface area contributed by atoms with Crippen LogP contribution in [0.15, 0.2) is 18.2 Å². The van der Waals surface area contributed by atoms with Crippen LogP contribution in [0.2, 0.25) is 10.0 Å². The SMILES string of the molecule is COC(CN(C)C(=O)CCCOc1ccc(Cl)cc1Cl)OC. The van der Waals surface area contributed by atoms with Crippen molar-refractivity contribution < 1.29 is 19.0 Å². The van der Waals surface area contributed by atoms with Gasteiger partial charge in [0.05, 0.1) is 18.2 Å². The van der Waals surface area contributed by atoms with Gasteiger partial charge in [-0.25, -0.2) is 0 Å².